The number of allylic oxidation sites excluding steroid dienone is 1. The summed E-state index contributed by atoms with van der Waals surface area (Å²) < 4.78 is 9.54. The van der Waals surface area contributed by atoms with Gasteiger partial charge in [-0.05, 0) is 31.4 Å². The molecule has 0 saturated heterocycles. The van der Waals surface area contributed by atoms with Crippen molar-refractivity contribution in [2.24, 2.45) is 0 Å². The van der Waals surface area contributed by atoms with E-state index in [1.807, 2.05) is 18.3 Å². The van der Waals surface area contributed by atoms with Crippen LogP contribution in [0, 0.1) is 12.3 Å². The number of thiophene rings is 1. The molecule has 0 aliphatic rings. The van der Waals surface area contributed by atoms with E-state index in [1.54, 1.807) is 13.0 Å². The van der Waals surface area contributed by atoms with Crippen LogP contribution in [-0.2, 0) is 17.6 Å². The Balaban J connectivity index is 0.000000437. The second kappa shape index (κ2) is 15.5. The summed E-state index contributed by atoms with van der Waals surface area (Å²) in [5, 5.41) is 12.3. The number of terminal acetylenes is 1. The summed E-state index contributed by atoms with van der Waals surface area (Å²) in [5.74, 6) is 2.03. The molecule has 0 saturated carbocycles. The Kier molecular flexibility index (Phi) is 13.1. The second-order valence-corrected chi connectivity index (χ2v) is 8.74. The molecule has 8 heteroatoms. The van der Waals surface area contributed by atoms with Gasteiger partial charge in [-0.25, -0.2) is 9.59 Å². The number of aromatic hydroxyl groups is 1. The molecule has 0 aliphatic heterocycles. The van der Waals surface area contributed by atoms with Crippen LogP contribution in [0.3, 0.4) is 0 Å². The minimum Gasteiger partial charge on any atom is -0.507 e. The van der Waals surface area contributed by atoms with Gasteiger partial charge in [0.2, 0.25) is 0 Å². The summed E-state index contributed by atoms with van der Waals surface area (Å²) in [6, 6.07) is 5.63. The minimum atomic E-state index is -0.818. The van der Waals surface area contributed by atoms with E-state index >= 15 is 0 Å². The van der Waals surface area contributed by atoms with E-state index in [0.717, 1.165) is 6.42 Å². The largest absolute Gasteiger partial charge is 0.507 e. The van der Waals surface area contributed by atoms with Gasteiger partial charge >= 0.3 is 11.7 Å². The number of alkyl carbamates (subject to hydrolysis) is 1. The Morgan fingerprint density at radius 2 is 2.03 bits per heavy atom. The van der Waals surface area contributed by atoms with Gasteiger partial charge in [0.25, 0.3) is 0 Å². The van der Waals surface area contributed by atoms with Crippen molar-refractivity contribution in [2.45, 2.75) is 65.2 Å². The van der Waals surface area contributed by atoms with Crippen molar-refractivity contribution in [3.8, 4) is 18.1 Å². The van der Waals surface area contributed by atoms with Crippen LogP contribution in [0.4, 0.5) is 4.79 Å². The lowest BCUT2D eigenvalue weighted by Gasteiger charge is -2.10. The molecule has 0 radical (unpaired) electrons. The monoisotopic (exact) mass is 487 g/mol. The Hall–Kier alpha value is -3.31. The molecule has 1 atom stereocenters. The van der Waals surface area contributed by atoms with Crippen LogP contribution in [0.5, 0.6) is 5.75 Å². The van der Waals surface area contributed by atoms with E-state index in [4.69, 9.17) is 10.8 Å². The topological polar surface area (TPSA) is 106 Å². The fourth-order valence-electron chi connectivity index (χ4n) is 2.93. The van der Waals surface area contributed by atoms with Gasteiger partial charge in [0, 0.05) is 40.8 Å². The standard InChI is InChI=1S/C16H21NO6.C10H12S/c1-4-11(18)14-12(19)9-13(23-15(14)20)10(2)7-5-6-8-17-16(21)22-3;1-3-5-9-7-8-10(11-9)6-4-2/h6,8-10,19H,4-5,7H2,1-3H3,(H,17,21);1,7-8H,4-6H2,2H3/b8-6+;. The SMILES string of the molecule is C#CCc1ccc(CCC)s1.CCC(=O)c1c(O)cc(C(C)CC/C=C/NC(=O)OC)oc1=O. The summed E-state index contributed by atoms with van der Waals surface area (Å²) >= 11 is 1.84. The van der Waals surface area contributed by atoms with Gasteiger partial charge in [-0.15, -0.1) is 23.7 Å². The first-order chi connectivity index (χ1) is 16.3. The molecule has 0 aliphatic carbocycles. The lowest BCUT2D eigenvalue weighted by atomic mass is 10.0. The molecule has 2 aromatic heterocycles. The van der Waals surface area contributed by atoms with Crippen molar-refractivity contribution in [1.29, 1.82) is 0 Å². The Labute approximate surface area is 204 Å². The van der Waals surface area contributed by atoms with E-state index < -0.39 is 17.5 Å². The predicted octanol–water partition coefficient (Wildman–Crippen LogP) is 5.57. The third-order valence-corrected chi connectivity index (χ3v) is 5.94. The molecule has 1 amide bonds. The Morgan fingerprint density at radius 1 is 1.32 bits per heavy atom. The fourth-order valence-corrected chi connectivity index (χ4v) is 4.00. The maximum atomic E-state index is 11.8. The molecule has 184 valence electrons. The summed E-state index contributed by atoms with van der Waals surface area (Å²) in [7, 11) is 1.27. The minimum absolute atomic E-state index is 0.116. The van der Waals surface area contributed by atoms with Crippen molar-refractivity contribution in [3.05, 3.63) is 62.0 Å². The summed E-state index contributed by atoms with van der Waals surface area (Å²) in [5.41, 5.74) is -1.12. The quantitative estimate of drug-likeness (QED) is 0.335. The molecule has 7 nitrogen and oxygen atoms in total. The van der Waals surface area contributed by atoms with Crippen LogP contribution >= 0.6 is 11.3 Å². The number of nitrogens with one attached hydrogen (secondary N) is 1. The van der Waals surface area contributed by atoms with Crippen molar-refractivity contribution < 1.29 is 23.8 Å². The fraction of sp³-hybridized carbons (Fsp3) is 0.423. The number of rotatable bonds is 10. The number of amides is 1. The third-order valence-electron chi connectivity index (χ3n) is 4.80. The number of carbonyl (C=O) groups is 2. The number of ether oxygens (including phenoxy) is 1. The van der Waals surface area contributed by atoms with Crippen molar-refractivity contribution in [1.82, 2.24) is 5.32 Å². The third kappa shape index (κ3) is 9.67. The van der Waals surface area contributed by atoms with Crippen LogP contribution in [-0.4, -0.2) is 24.1 Å². The van der Waals surface area contributed by atoms with Gasteiger partial charge in [-0.2, -0.15) is 0 Å². The van der Waals surface area contributed by atoms with Gasteiger partial charge in [-0.1, -0.05) is 33.3 Å². The number of aryl methyl sites for hydroxylation is 1. The highest BCUT2D eigenvalue weighted by Crippen LogP contribution is 2.25. The first-order valence-corrected chi connectivity index (χ1v) is 12.0. The zero-order chi connectivity index (χ0) is 25.5. The molecule has 0 bridgehead atoms. The zero-order valence-corrected chi connectivity index (χ0v) is 21.0. The first kappa shape index (κ1) is 28.7. The van der Waals surface area contributed by atoms with Gasteiger partial charge in [0.15, 0.2) is 5.78 Å². The Morgan fingerprint density at radius 3 is 2.62 bits per heavy atom. The molecule has 0 spiro atoms. The number of Topliss-reactive ketones (excluding diaryl/α,β-unsaturated/α-hetero) is 1. The lowest BCUT2D eigenvalue weighted by molar-refractivity contribution is 0.0980. The van der Waals surface area contributed by atoms with Crippen LogP contribution < -0.4 is 10.9 Å². The van der Waals surface area contributed by atoms with Crippen molar-refractivity contribution in [2.75, 3.05) is 7.11 Å². The zero-order valence-electron chi connectivity index (χ0n) is 20.2. The van der Waals surface area contributed by atoms with E-state index in [1.165, 1.54) is 42.0 Å². The normalized spacial score (nSPS) is 11.3. The molecule has 0 fully saturated rings. The van der Waals surface area contributed by atoms with Crippen LogP contribution in [0.15, 0.2) is 39.7 Å². The van der Waals surface area contributed by atoms with E-state index in [9.17, 15) is 19.5 Å². The maximum Gasteiger partial charge on any atom is 0.410 e. The molecular formula is C26H33NO6S. The van der Waals surface area contributed by atoms with Crippen LogP contribution in [0.2, 0.25) is 0 Å². The summed E-state index contributed by atoms with van der Waals surface area (Å²) in [6.07, 6.45) is 12.4. The average molecular weight is 488 g/mol. The molecule has 1 unspecified atom stereocenters. The molecule has 2 aromatic rings. The maximum absolute atomic E-state index is 11.8. The Bertz CT molecular complexity index is 1060. The number of carbonyl (C=O) groups excluding carboxylic acids is 2. The van der Waals surface area contributed by atoms with Gasteiger partial charge in [-0.3, -0.25) is 10.1 Å². The van der Waals surface area contributed by atoms with Crippen molar-refractivity contribution in [3.63, 3.8) is 0 Å². The molecule has 2 rings (SSSR count). The summed E-state index contributed by atoms with van der Waals surface area (Å²) in [6.45, 7) is 5.63. The highest BCUT2D eigenvalue weighted by molar-refractivity contribution is 7.12. The average Bonchev–Trinajstić information content (AvgIpc) is 3.25. The van der Waals surface area contributed by atoms with E-state index in [-0.39, 0.29) is 23.7 Å². The smallest absolute Gasteiger partial charge is 0.410 e. The second-order valence-electron chi connectivity index (χ2n) is 7.49. The van der Waals surface area contributed by atoms with Gasteiger partial charge in [0.05, 0.1) is 7.11 Å². The first-order valence-electron chi connectivity index (χ1n) is 11.2. The van der Waals surface area contributed by atoms with Gasteiger partial charge < -0.3 is 14.3 Å². The highest BCUT2D eigenvalue weighted by Gasteiger charge is 2.19. The van der Waals surface area contributed by atoms with Crippen LogP contribution in [0.1, 0.15) is 78.2 Å². The molecule has 2 heterocycles. The van der Waals surface area contributed by atoms with Crippen LogP contribution in [0.25, 0.3) is 0 Å². The lowest BCUT2D eigenvalue weighted by Crippen LogP contribution is -2.16. The molecule has 2 N–H and O–H groups in total. The number of ketones is 1. The number of hydrogen-bond donors (Lipinski definition) is 2. The van der Waals surface area contributed by atoms with Gasteiger partial charge in [0.1, 0.15) is 17.1 Å². The van der Waals surface area contributed by atoms with E-state index in [2.05, 4.69) is 35.0 Å². The van der Waals surface area contributed by atoms with E-state index in [0.29, 0.717) is 18.6 Å². The molecule has 34 heavy (non-hydrogen) atoms. The number of methoxy groups -OCH3 is 1. The highest BCUT2D eigenvalue weighted by atomic mass is 32.1. The molecule has 0 aromatic carbocycles. The molecular weight excluding hydrogens is 454 g/mol. The number of hydrogen-bond acceptors (Lipinski definition) is 7. The van der Waals surface area contributed by atoms with Crippen molar-refractivity contribution >= 4 is 23.2 Å². The predicted molar refractivity (Wildman–Crippen MR) is 134 cm³/mol. The summed E-state index contributed by atoms with van der Waals surface area (Å²) in [4.78, 5) is 37.0.